The van der Waals surface area contributed by atoms with Crippen LogP contribution in [0.1, 0.15) is 38.8 Å². The van der Waals surface area contributed by atoms with Crippen LogP contribution in [0.5, 0.6) is 0 Å². The van der Waals surface area contributed by atoms with E-state index in [0.29, 0.717) is 35.8 Å². The molecule has 2 aromatic rings. The molecule has 4 nitrogen and oxygen atoms in total. The molecule has 0 radical (unpaired) electrons. The van der Waals surface area contributed by atoms with Gasteiger partial charge in [-0.3, -0.25) is 9.59 Å². The quantitative estimate of drug-likeness (QED) is 0.936. The zero-order chi connectivity index (χ0) is 16.4. The molecule has 3 rings (SSSR count). The first-order valence-electron chi connectivity index (χ1n) is 7.53. The number of rotatable bonds is 4. The lowest BCUT2D eigenvalue weighted by Crippen LogP contribution is -2.22. The van der Waals surface area contributed by atoms with Crippen molar-refractivity contribution in [1.82, 2.24) is 10.2 Å². The SMILES string of the molecule is CCN1Cc2cc(C(=O)NCc3ccc(Cl)cc3)ccc2C1=O. The third-order valence-corrected chi connectivity index (χ3v) is 4.25. The highest BCUT2D eigenvalue weighted by molar-refractivity contribution is 6.30. The van der Waals surface area contributed by atoms with Gasteiger partial charge in [0, 0.05) is 35.8 Å². The lowest BCUT2D eigenvalue weighted by molar-refractivity contribution is 0.0787. The highest BCUT2D eigenvalue weighted by Gasteiger charge is 2.26. The molecule has 2 aromatic carbocycles. The molecule has 0 unspecified atom stereocenters. The molecule has 1 aliphatic heterocycles. The van der Waals surface area contributed by atoms with Crippen molar-refractivity contribution in [2.24, 2.45) is 0 Å². The average molecular weight is 329 g/mol. The zero-order valence-corrected chi connectivity index (χ0v) is 13.6. The number of halogens is 1. The smallest absolute Gasteiger partial charge is 0.254 e. The maximum atomic E-state index is 12.3. The Morgan fingerprint density at radius 3 is 2.65 bits per heavy atom. The fourth-order valence-electron chi connectivity index (χ4n) is 2.66. The summed E-state index contributed by atoms with van der Waals surface area (Å²) in [5.74, 6) is -0.110. The largest absolute Gasteiger partial charge is 0.348 e. The van der Waals surface area contributed by atoms with Crippen LogP contribution in [-0.2, 0) is 13.1 Å². The summed E-state index contributed by atoms with van der Waals surface area (Å²) in [5, 5.41) is 3.55. The molecule has 2 amide bonds. The summed E-state index contributed by atoms with van der Waals surface area (Å²) in [7, 11) is 0. The molecular weight excluding hydrogens is 312 g/mol. The number of carbonyl (C=O) groups excluding carboxylic acids is 2. The number of hydrogen-bond acceptors (Lipinski definition) is 2. The molecule has 0 saturated carbocycles. The number of nitrogens with one attached hydrogen (secondary N) is 1. The Bertz CT molecular complexity index is 756. The van der Waals surface area contributed by atoms with E-state index >= 15 is 0 Å². The van der Waals surface area contributed by atoms with E-state index in [1.165, 1.54) is 0 Å². The Hall–Kier alpha value is -2.33. The van der Waals surface area contributed by atoms with Gasteiger partial charge in [0.05, 0.1) is 0 Å². The van der Waals surface area contributed by atoms with Crippen molar-refractivity contribution in [2.45, 2.75) is 20.0 Å². The van der Waals surface area contributed by atoms with Crippen LogP contribution in [0.3, 0.4) is 0 Å². The van der Waals surface area contributed by atoms with Gasteiger partial charge in [-0.15, -0.1) is 0 Å². The van der Waals surface area contributed by atoms with Gasteiger partial charge in [-0.2, -0.15) is 0 Å². The van der Waals surface area contributed by atoms with Crippen LogP contribution in [0.2, 0.25) is 5.02 Å². The van der Waals surface area contributed by atoms with Gasteiger partial charge >= 0.3 is 0 Å². The summed E-state index contributed by atoms with van der Waals surface area (Å²) in [5.41, 5.74) is 3.16. The minimum absolute atomic E-state index is 0.0376. The first kappa shape index (κ1) is 15.6. The molecule has 1 aliphatic rings. The lowest BCUT2D eigenvalue weighted by Gasteiger charge is -2.10. The minimum atomic E-state index is -0.148. The predicted octanol–water partition coefficient (Wildman–Crippen LogP) is 3.25. The van der Waals surface area contributed by atoms with Crippen LogP contribution < -0.4 is 5.32 Å². The second-order valence-electron chi connectivity index (χ2n) is 5.50. The third-order valence-electron chi connectivity index (χ3n) is 3.99. The van der Waals surface area contributed by atoms with Gasteiger partial charge in [0.2, 0.25) is 0 Å². The van der Waals surface area contributed by atoms with Gasteiger partial charge in [-0.05, 0) is 48.4 Å². The number of fused-ring (bicyclic) bond motifs is 1. The van der Waals surface area contributed by atoms with Crippen LogP contribution in [-0.4, -0.2) is 23.3 Å². The zero-order valence-electron chi connectivity index (χ0n) is 12.8. The fourth-order valence-corrected chi connectivity index (χ4v) is 2.79. The molecule has 0 saturated heterocycles. The van der Waals surface area contributed by atoms with Gasteiger partial charge in [-0.25, -0.2) is 0 Å². The van der Waals surface area contributed by atoms with E-state index in [0.717, 1.165) is 11.1 Å². The van der Waals surface area contributed by atoms with Gasteiger partial charge < -0.3 is 10.2 Å². The second-order valence-corrected chi connectivity index (χ2v) is 5.94. The van der Waals surface area contributed by atoms with Crippen molar-refractivity contribution in [2.75, 3.05) is 6.54 Å². The molecule has 0 aromatic heterocycles. The molecule has 0 bridgehead atoms. The second kappa shape index (κ2) is 6.42. The van der Waals surface area contributed by atoms with Crippen molar-refractivity contribution in [3.8, 4) is 0 Å². The summed E-state index contributed by atoms with van der Waals surface area (Å²) in [4.78, 5) is 26.1. The van der Waals surface area contributed by atoms with Crippen LogP contribution in [0.15, 0.2) is 42.5 Å². The van der Waals surface area contributed by atoms with Gasteiger partial charge in [0.25, 0.3) is 11.8 Å². The Morgan fingerprint density at radius 1 is 1.22 bits per heavy atom. The maximum absolute atomic E-state index is 12.3. The molecule has 1 N–H and O–H groups in total. The molecule has 0 aliphatic carbocycles. The van der Waals surface area contributed by atoms with Crippen LogP contribution >= 0.6 is 11.6 Å². The Kier molecular flexibility index (Phi) is 4.35. The monoisotopic (exact) mass is 328 g/mol. The van der Waals surface area contributed by atoms with E-state index in [9.17, 15) is 9.59 Å². The third kappa shape index (κ3) is 3.22. The molecule has 0 atom stereocenters. The highest BCUT2D eigenvalue weighted by Crippen LogP contribution is 2.23. The van der Waals surface area contributed by atoms with Crippen molar-refractivity contribution >= 4 is 23.4 Å². The number of nitrogens with zero attached hydrogens (tertiary/aromatic N) is 1. The summed E-state index contributed by atoms with van der Waals surface area (Å²) < 4.78 is 0. The number of hydrogen-bond donors (Lipinski definition) is 1. The molecule has 5 heteroatoms. The normalized spacial score (nSPS) is 13.1. The van der Waals surface area contributed by atoms with Crippen LogP contribution in [0.25, 0.3) is 0 Å². The molecule has 118 valence electrons. The van der Waals surface area contributed by atoms with Gasteiger partial charge in [0.1, 0.15) is 0 Å². The van der Waals surface area contributed by atoms with Crippen molar-refractivity contribution in [1.29, 1.82) is 0 Å². The maximum Gasteiger partial charge on any atom is 0.254 e. The lowest BCUT2D eigenvalue weighted by atomic mass is 10.1. The molecule has 0 spiro atoms. The Morgan fingerprint density at radius 2 is 1.96 bits per heavy atom. The van der Waals surface area contributed by atoms with Gasteiger partial charge in [-0.1, -0.05) is 23.7 Å². The fraction of sp³-hybridized carbons (Fsp3) is 0.222. The molecular formula is C18H17ClN2O2. The van der Waals surface area contributed by atoms with E-state index in [4.69, 9.17) is 11.6 Å². The number of benzene rings is 2. The summed E-state index contributed by atoms with van der Waals surface area (Å²) in [6.07, 6.45) is 0. The first-order chi connectivity index (χ1) is 11.1. The average Bonchev–Trinajstić information content (AvgIpc) is 2.89. The minimum Gasteiger partial charge on any atom is -0.348 e. The van der Waals surface area contributed by atoms with Crippen molar-refractivity contribution < 1.29 is 9.59 Å². The molecule has 0 fully saturated rings. The van der Waals surface area contributed by atoms with E-state index in [1.807, 2.05) is 19.1 Å². The van der Waals surface area contributed by atoms with E-state index < -0.39 is 0 Å². The summed E-state index contributed by atoms with van der Waals surface area (Å²) in [6.45, 7) is 3.63. The van der Waals surface area contributed by atoms with Gasteiger partial charge in [0.15, 0.2) is 0 Å². The molecule has 1 heterocycles. The number of carbonyl (C=O) groups is 2. The molecule has 23 heavy (non-hydrogen) atoms. The topological polar surface area (TPSA) is 49.4 Å². The van der Waals surface area contributed by atoms with E-state index in [2.05, 4.69) is 5.32 Å². The van der Waals surface area contributed by atoms with Crippen LogP contribution in [0.4, 0.5) is 0 Å². The summed E-state index contributed by atoms with van der Waals surface area (Å²) >= 11 is 5.84. The Balaban J connectivity index is 1.69. The Labute approximate surface area is 140 Å². The standard InChI is InChI=1S/C18H17ClN2O2/c1-2-21-11-14-9-13(5-8-16(14)18(21)23)17(22)20-10-12-3-6-15(19)7-4-12/h3-9H,2,10-11H2,1H3,(H,20,22). The number of amides is 2. The highest BCUT2D eigenvalue weighted by atomic mass is 35.5. The predicted molar refractivity (Wildman–Crippen MR) is 89.5 cm³/mol. The summed E-state index contributed by atoms with van der Waals surface area (Å²) in [6, 6.07) is 12.6. The van der Waals surface area contributed by atoms with E-state index in [-0.39, 0.29) is 11.8 Å². The first-order valence-corrected chi connectivity index (χ1v) is 7.91. The van der Waals surface area contributed by atoms with Crippen molar-refractivity contribution in [3.63, 3.8) is 0 Å². The van der Waals surface area contributed by atoms with E-state index in [1.54, 1.807) is 35.2 Å². The van der Waals surface area contributed by atoms with Crippen LogP contribution in [0, 0.1) is 0 Å². The van der Waals surface area contributed by atoms with Crippen molar-refractivity contribution in [3.05, 3.63) is 69.7 Å².